The second-order valence-corrected chi connectivity index (χ2v) is 8.43. The number of thiazole rings is 1. The number of amides is 2. The fraction of sp³-hybridized carbons (Fsp3) is 0.737. The van der Waals surface area contributed by atoms with E-state index in [1.54, 1.807) is 11.8 Å². The lowest BCUT2D eigenvalue weighted by Gasteiger charge is -2.31. The van der Waals surface area contributed by atoms with Gasteiger partial charge in [0.25, 0.3) is 0 Å². The second kappa shape index (κ2) is 9.50. The van der Waals surface area contributed by atoms with Gasteiger partial charge in [-0.25, -0.2) is 9.78 Å². The Morgan fingerprint density at radius 2 is 2.07 bits per heavy atom. The molecule has 0 radical (unpaired) electrons. The van der Waals surface area contributed by atoms with Crippen molar-refractivity contribution in [1.82, 2.24) is 14.8 Å². The van der Waals surface area contributed by atoms with Crippen LogP contribution in [0, 0.1) is 11.8 Å². The molecule has 2 amide bonds. The molecular weight excluding hydrogens is 364 g/mol. The maximum Gasteiger partial charge on any atom is 0.409 e. The van der Waals surface area contributed by atoms with Crippen LogP contribution in [0.25, 0.3) is 0 Å². The summed E-state index contributed by atoms with van der Waals surface area (Å²) in [5.74, 6) is 0.548. The van der Waals surface area contributed by atoms with E-state index in [0.717, 1.165) is 44.1 Å². The van der Waals surface area contributed by atoms with Gasteiger partial charge in [-0.05, 0) is 51.6 Å². The summed E-state index contributed by atoms with van der Waals surface area (Å²) in [6.45, 7) is 8.59. The molecule has 0 aromatic carbocycles. The maximum absolute atomic E-state index is 12.6. The van der Waals surface area contributed by atoms with Gasteiger partial charge >= 0.3 is 6.09 Å². The van der Waals surface area contributed by atoms with Crippen molar-refractivity contribution in [3.05, 3.63) is 11.1 Å². The van der Waals surface area contributed by atoms with Gasteiger partial charge in [0.15, 0.2) is 5.13 Å². The SMILES string of the molecule is CCOC(=O)N1CCCC(C(=O)Nc2nc(CN3CCC(C)CC3)cs2)C1. The highest BCUT2D eigenvalue weighted by Crippen LogP contribution is 2.23. The van der Waals surface area contributed by atoms with Crippen molar-refractivity contribution in [3.8, 4) is 0 Å². The van der Waals surface area contributed by atoms with E-state index >= 15 is 0 Å². The number of nitrogens with zero attached hydrogens (tertiary/aromatic N) is 3. The van der Waals surface area contributed by atoms with Gasteiger partial charge in [0, 0.05) is 25.0 Å². The summed E-state index contributed by atoms with van der Waals surface area (Å²) >= 11 is 1.47. The smallest absolute Gasteiger partial charge is 0.409 e. The topological polar surface area (TPSA) is 74.8 Å². The van der Waals surface area contributed by atoms with Crippen molar-refractivity contribution in [2.24, 2.45) is 11.8 Å². The van der Waals surface area contributed by atoms with E-state index in [-0.39, 0.29) is 17.9 Å². The molecule has 8 heteroatoms. The molecule has 3 rings (SSSR count). The van der Waals surface area contributed by atoms with Crippen LogP contribution in [0.3, 0.4) is 0 Å². The van der Waals surface area contributed by atoms with Gasteiger partial charge in [0.2, 0.25) is 5.91 Å². The first-order valence-electron chi connectivity index (χ1n) is 9.94. The van der Waals surface area contributed by atoms with E-state index in [1.807, 2.05) is 5.38 Å². The van der Waals surface area contributed by atoms with Crippen molar-refractivity contribution < 1.29 is 14.3 Å². The zero-order chi connectivity index (χ0) is 19.2. The van der Waals surface area contributed by atoms with Crippen molar-refractivity contribution >= 4 is 28.5 Å². The average Bonchev–Trinajstić information content (AvgIpc) is 3.10. The van der Waals surface area contributed by atoms with Gasteiger partial charge in [0.1, 0.15) is 0 Å². The Labute approximate surface area is 165 Å². The normalized spacial score (nSPS) is 21.9. The molecule has 1 aromatic rings. The third kappa shape index (κ3) is 5.65. The fourth-order valence-electron chi connectivity index (χ4n) is 3.67. The van der Waals surface area contributed by atoms with Crippen LogP contribution in [0.4, 0.5) is 9.93 Å². The number of rotatable bonds is 5. The number of piperidine rings is 2. The molecule has 0 bridgehead atoms. The molecule has 1 unspecified atom stereocenters. The third-order valence-corrected chi connectivity index (χ3v) is 6.17. The molecule has 1 N–H and O–H groups in total. The third-order valence-electron chi connectivity index (χ3n) is 5.36. The summed E-state index contributed by atoms with van der Waals surface area (Å²) in [4.78, 5) is 33.1. The second-order valence-electron chi connectivity index (χ2n) is 7.58. The molecule has 1 atom stereocenters. The maximum atomic E-state index is 12.6. The predicted molar refractivity (Wildman–Crippen MR) is 106 cm³/mol. The lowest BCUT2D eigenvalue weighted by atomic mass is 9.97. The summed E-state index contributed by atoms with van der Waals surface area (Å²) in [7, 11) is 0. The number of carbonyl (C=O) groups excluding carboxylic acids is 2. The van der Waals surface area contributed by atoms with Crippen LogP contribution in [-0.4, -0.2) is 59.6 Å². The summed E-state index contributed by atoms with van der Waals surface area (Å²) in [5, 5.41) is 5.61. The van der Waals surface area contributed by atoms with Crippen molar-refractivity contribution in [2.45, 2.75) is 46.1 Å². The van der Waals surface area contributed by atoms with Crippen molar-refractivity contribution in [2.75, 3.05) is 38.1 Å². The van der Waals surface area contributed by atoms with Gasteiger partial charge < -0.3 is 15.0 Å². The van der Waals surface area contributed by atoms with Gasteiger partial charge in [-0.15, -0.1) is 11.3 Å². The van der Waals surface area contributed by atoms with E-state index in [4.69, 9.17) is 4.74 Å². The van der Waals surface area contributed by atoms with E-state index in [1.165, 1.54) is 24.2 Å². The van der Waals surface area contributed by atoms with Crippen LogP contribution in [0.1, 0.15) is 45.2 Å². The zero-order valence-corrected chi connectivity index (χ0v) is 17.1. The van der Waals surface area contributed by atoms with Crippen LogP contribution in [0.15, 0.2) is 5.38 Å². The lowest BCUT2D eigenvalue weighted by molar-refractivity contribution is -0.121. The molecule has 2 fully saturated rings. The van der Waals surface area contributed by atoms with Crippen LogP contribution >= 0.6 is 11.3 Å². The summed E-state index contributed by atoms with van der Waals surface area (Å²) < 4.78 is 5.05. The lowest BCUT2D eigenvalue weighted by Crippen LogP contribution is -2.44. The molecule has 2 aliphatic rings. The Kier molecular flexibility index (Phi) is 7.07. The minimum absolute atomic E-state index is 0.0586. The minimum atomic E-state index is -0.331. The first kappa shape index (κ1) is 20.1. The van der Waals surface area contributed by atoms with E-state index in [2.05, 4.69) is 22.1 Å². The highest BCUT2D eigenvalue weighted by atomic mass is 32.1. The number of hydrogen-bond donors (Lipinski definition) is 1. The van der Waals surface area contributed by atoms with Crippen molar-refractivity contribution in [3.63, 3.8) is 0 Å². The molecule has 0 spiro atoms. The van der Waals surface area contributed by atoms with Crippen LogP contribution < -0.4 is 5.32 Å². The van der Waals surface area contributed by atoms with E-state index in [0.29, 0.717) is 24.8 Å². The van der Waals surface area contributed by atoms with E-state index < -0.39 is 0 Å². The van der Waals surface area contributed by atoms with Crippen LogP contribution in [-0.2, 0) is 16.1 Å². The Morgan fingerprint density at radius 1 is 1.30 bits per heavy atom. The number of likely N-dealkylation sites (tertiary alicyclic amines) is 2. The van der Waals surface area contributed by atoms with Crippen molar-refractivity contribution in [1.29, 1.82) is 0 Å². The standard InChI is InChI=1S/C19H30N4O3S/c1-3-26-19(25)23-8-4-5-15(11-23)17(24)21-18-20-16(13-27-18)12-22-9-6-14(2)7-10-22/h13-15H,3-12H2,1-2H3,(H,20,21,24). The fourth-order valence-corrected chi connectivity index (χ4v) is 4.37. The average molecular weight is 395 g/mol. The largest absolute Gasteiger partial charge is 0.450 e. The van der Waals surface area contributed by atoms with Gasteiger partial charge in [0.05, 0.1) is 18.2 Å². The highest BCUT2D eigenvalue weighted by molar-refractivity contribution is 7.13. The number of aromatic nitrogens is 1. The van der Waals surface area contributed by atoms with Crippen LogP contribution in [0.5, 0.6) is 0 Å². The monoisotopic (exact) mass is 394 g/mol. The Balaban J connectivity index is 1.49. The zero-order valence-electron chi connectivity index (χ0n) is 16.3. The molecule has 0 saturated carbocycles. The number of hydrogen-bond acceptors (Lipinski definition) is 6. The molecule has 0 aliphatic carbocycles. The number of ether oxygens (including phenoxy) is 1. The molecule has 2 saturated heterocycles. The minimum Gasteiger partial charge on any atom is -0.450 e. The summed E-state index contributed by atoms with van der Waals surface area (Å²) in [5.41, 5.74) is 1.02. The molecule has 7 nitrogen and oxygen atoms in total. The quantitative estimate of drug-likeness (QED) is 0.830. The molecule has 3 heterocycles. The molecule has 2 aliphatic heterocycles. The van der Waals surface area contributed by atoms with Crippen LogP contribution in [0.2, 0.25) is 0 Å². The first-order valence-corrected chi connectivity index (χ1v) is 10.8. The Morgan fingerprint density at radius 3 is 2.81 bits per heavy atom. The number of anilines is 1. The Bertz CT molecular complexity index is 643. The molecule has 1 aromatic heterocycles. The first-order chi connectivity index (χ1) is 13.0. The number of nitrogens with one attached hydrogen (secondary N) is 1. The molecule has 150 valence electrons. The van der Waals surface area contributed by atoms with E-state index in [9.17, 15) is 9.59 Å². The van der Waals surface area contributed by atoms with Gasteiger partial charge in [-0.3, -0.25) is 9.69 Å². The van der Waals surface area contributed by atoms with Gasteiger partial charge in [-0.1, -0.05) is 6.92 Å². The summed E-state index contributed by atoms with van der Waals surface area (Å²) in [6.07, 6.45) is 3.75. The molecule has 27 heavy (non-hydrogen) atoms. The Hall–Kier alpha value is -1.67. The predicted octanol–water partition coefficient (Wildman–Crippen LogP) is 3.18. The highest BCUT2D eigenvalue weighted by Gasteiger charge is 2.29. The summed E-state index contributed by atoms with van der Waals surface area (Å²) in [6, 6.07) is 0. The molecular formula is C19H30N4O3S. The number of carbonyl (C=O) groups is 2. The van der Waals surface area contributed by atoms with Gasteiger partial charge in [-0.2, -0.15) is 0 Å².